The van der Waals surface area contributed by atoms with Gasteiger partial charge in [0, 0.05) is 34.0 Å². The summed E-state index contributed by atoms with van der Waals surface area (Å²) in [4.78, 5) is 33.1. The Kier molecular flexibility index (Phi) is 5.31. The van der Waals surface area contributed by atoms with Crippen LogP contribution in [0.1, 0.15) is 53.4 Å². The van der Waals surface area contributed by atoms with Crippen LogP contribution < -0.4 is 5.63 Å². The van der Waals surface area contributed by atoms with Crippen LogP contribution >= 0.6 is 0 Å². The summed E-state index contributed by atoms with van der Waals surface area (Å²) in [7, 11) is 0. The third-order valence-corrected chi connectivity index (χ3v) is 5.54. The SMILES string of the molecule is Cc1cc2oc(=O)cc(COC(=O)Cc3c(C)nc4ncnn4c3C)c2cc1C(C)C. The Morgan fingerprint density at radius 1 is 1.19 bits per heavy atom. The Morgan fingerprint density at radius 2 is 1.97 bits per heavy atom. The summed E-state index contributed by atoms with van der Waals surface area (Å²) in [5, 5.41) is 4.92. The molecular formula is C23H24N4O4. The quantitative estimate of drug-likeness (QED) is 0.359. The second-order valence-electron chi connectivity index (χ2n) is 8.02. The number of rotatable bonds is 5. The Labute approximate surface area is 178 Å². The first-order valence-corrected chi connectivity index (χ1v) is 10.1. The van der Waals surface area contributed by atoms with Crippen LogP contribution in [-0.2, 0) is 22.6 Å². The van der Waals surface area contributed by atoms with Crippen molar-refractivity contribution in [3.05, 3.63) is 68.6 Å². The number of nitrogens with zero attached hydrogens (tertiary/aromatic N) is 4. The first kappa shape index (κ1) is 20.7. The number of ether oxygens (including phenoxy) is 1. The summed E-state index contributed by atoms with van der Waals surface area (Å²) in [5.74, 6) is 0.396. The normalized spacial score (nSPS) is 11.5. The Morgan fingerprint density at radius 3 is 2.71 bits per heavy atom. The fraction of sp³-hybridized carbons (Fsp3) is 0.348. The van der Waals surface area contributed by atoms with Crippen molar-refractivity contribution in [2.45, 2.75) is 53.6 Å². The number of hydrogen-bond donors (Lipinski definition) is 0. The molecule has 160 valence electrons. The molecule has 0 spiro atoms. The Hall–Kier alpha value is -3.55. The number of aryl methyl sites for hydroxylation is 3. The van der Waals surface area contributed by atoms with E-state index in [1.165, 1.54) is 12.4 Å². The molecule has 3 heterocycles. The van der Waals surface area contributed by atoms with Gasteiger partial charge in [-0.2, -0.15) is 10.1 Å². The summed E-state index contributed by atoms with van der Waals surface area (Å²) in [5.41, 5.74) is 5.11. The van der Waals surface area contributed by atoms with Gasteiger partial charge >= 0.3 is 11.6 Å². The molecule has 0 unspecified atom stereocenters. The van der Waals surface area contributed by atoms with Crippen molar-refractivity contribution in [3.8, 4) is 0 Å². The molecule has 0 aliphatic carbocycles. The van der Waals surface area contributed by atoms with E-state index in [9.17, 15) is 9.59 Å². The van der Waals surface area contributed by atoms with Crippen molar-refractivity contribution in [2.75, 3.05) is 0 Å². The van der Waals surface area contributed by atoms with Gasteiger partial charge in [-0.05, 0) is 49.9 Å². The highest BCUT2D eigenvalue weighted by Gasteiger charge is 2.17. The van der Waals surface area contributed by atoms with E-state index < -0.39 is 11.6 Å². The first-order chi connectivity index (χ1) is 14.7. The summed E-state index contributed by atoms with van der Waals surface area (Å²) in [6.07, 6.45) is 1.48. The van der Waals surface area contributed by atoms with E-state index in [0.717, 1.165) is 27.8 Å². The van der Waals surface area contributed by atoms with Gasteiger partial charge in [-0.1, -0.05) is 13.8 Å². The smallest absolute Gasteiger partial charge is 0.336 e. The molecule has 0 bridgehead atoms. The van der Waals surface area contributed by atoms with E-state index in [1.807, 2.05) is 32.9 Å². The monoisotopic (exact) mass is 420 g/mol. The third kappa shape index (κ3) is 3.93. The van der Waals surface area contributed by atoms with Crippen molar-refractivity contribution >= 4 is 22.7 Å². The molecule has 3 aromatic heterocycles. The van der Waals surface area contributed by atoms with Crippen molar-refractivity contribution in [3.63, 3.8) is 0 Å². The fourth-order valence-electron chi connectivity index (χ4n) is 3.90. The number of carbonyl (C=O) groups is 1. The zero-order valence-electron chi connectivity index (χ0n) is 18.2. The number of benzene rings is 1. The molecule has 4 aromatic rings. The second-order valence-corrected chi connectivity index (χ2v) is 8.02. The number of carbonyl (C=O) groups excluding carboxylic acids is 1. The minimum absolute atomic E-state index is 0.0153. The van der Waals surface area contributed by atoms with Crippen molar-refractivity contribution in [2.24, 2.45) is 0 Å². The van der Waals surface area contributed by atoms with E-state index in [2.05, 4.69) is 28.9 Å². The zero-order valence-corrected chi connectivity index (χ0v) is 18.2. The van der Waals surface area contributed by atoms with Gasteiger partial charge in [0.1, 0.15) is 18.5 Å². The van der Waals surface area contributed by atoms with Crippen LogP contribution in [0.5, 0.6) is 0 Å². The molecule has 0 aliphatic rings. The average molecular weight is 420 g/mol. The second kappa shape index (κ2) is 7.94. The maximum Gasteiger partial charge on any atom is 0.336 e. The molecule has 1 aromatic carbocycles. The fourth-order valence-corrected chi connectivity index (χ4v) is 3.90. The molecule has 4 rings (SSSR count). The molecule has 0 atom stereocenters. The predicted molar refractivity (Wildman–Crippen MR) is 115 cm³/mol. The molecule has 0 saturated heterocycles. The highest BCUT2D eigenvalue weighted by Crippen LogP contribution is 2.27. The van der Waals surface area contributed by atoms with Crippen LogP contribution in [-0.4, -0.2) is 25.6 Å². The van der Waals surface area contributed by atoms with E-state index in [-0.39, 0.29) is 13.0 Å². The summed E-state index contributed by atoms with van der Waals surface area (Å²) in [6.45, 7) is 9.89. The molecule has 0 fully saturated rings. The molecule has 0 radical (unpaired) electrons. The van der Waals surface area contributed by atoms with Crippen LogP contribution in [0.4, 0.5) is 0 Å². The summed E-state index contributed by atoms with van der Waals surface area (Å²) in [6, 6.07) is 5.26. The minimum atomic E-state index is -0.470. The van der Waals surface area contributed by atoms with Crippen LogP contribution in [0.2, 0.25) is 0 Å². The average Bonchev–Trinajstić information content (AvgIpc) is 3.16. The van der Waals surface area contributed by atoms with Crippen molar-refractivity contribution in [1.82, 2.24) is 19.6 Å². The van der Waals surface area contributed by atoms with Gasteiger partial charge in [-0.3, -0.25) is 4.79 Å². The highest BCUT2D eigenvalue weighted by atomic mass is 16.5. The lowest BCUT2D eigenvalue weighted by atomic mass is 9.95. The van der Waals surface area contributed by atoms with Crippen LogP contribution in [0.25, 0.3) is 16.7 Å². The standard InChI is InChI=1S/C23H24N4O4/c1-12(2)17-8-19-16(7-22(29)31-20(19)6-13(17)3)10-30-21(28)9-18-14(4)26-23-24-11-25-27(23)15(18)5/h6-8,11-12H,9-10H2,1-5H3. The van der Waals surface area contributed by atoms with Crippen LogP contribution in [0.3, 0.4) is 0 Å². The van der Waals surface area contributed by atoms with E-state index in [0.29, 0.717) is 28.5 Å². The molecular weight excluding hydrogens is 396 g/mol. The minimum Gasteiger partial charge on any atom is -0.461 e. The maximum atomic E-state index is 12.6. The van der Waals surface area contributed by atoms with Gasteiger partial charge in [0.25, 0.3) is 5.78 Å². The molecule has 0 amide bonds. The molecule has 0 N–H and O–H groups in total. The topological polar surface area (TPSA) is 99.6 Å². The largest absolute Gasteiger partial charge is 0.461 e. The van der Waals surface area contributed by atoms with Crippen molar-refractivity contribution in [1.29, 1.82) is 0 Å². The van der Waals surface area contributed by atoms with E-state index in [4.69, 9.17) is 9.15 Å². The number of fused-ring (bicyclic) bond motifs is 2. The lowest BCUT2D eigenvalue weighted by Crippen LogP contribution is -2.14. The van der Waals surface area contributed by atoms with Crippen LogP contribution in [0, 0.1) is 20.8 Å². The number of esters is 1. The molecule has 8 nitrogen and oxygen atoms in total. The molecule has 31 heavy (non-hydrogen) atoms. The molecule has 0 aliphatic heterocycles. The number of hydrogen-bond acceptors (Lipinski definition) is 7. The third-order valence-electron chi connectivity index (χ3n) is 5.54. The van der Waals surface area contributed by atoms with E-state index in [1.54, 1.807) is 4.52 Å². The zero-order chi connectivity index (χ0) is 22.3. The van der Waals surface area contributed by atoms with Gasteiger partial charge in [0.2, 0.25) is 0 Å². The molecule has 8 heteroatoms. The lowest BCUT2D eigenvalue weighted by Gasteiger charge is -2.14. The predicted octanol–water partition coefficient (Wildman–Crippen LogP) is 3.57. The van der Waals surface area contributed by atoms with E-state index >= 15 is 0 Å². The number of aromatic nitrogens is 4. The molecule has 0 saturated carbocycles. The van der Waals surface area contributed by atoms with Crippen molar-refractivity contribution < 1.29 is 13.9 Å². The van der Waals surface area contributed by atoms with Gasteiger partial charge in [0.05, 0.1) is 6.42 Å². The summed E-state index contributed by atoms with van der Waals surface area (Å²) < 4.78 is 12.5. The van der Waals surface area contributed by atoms with Gasteiger partial charge < -0.3 is 9.15 Å². The van der Waals surface area contributed by atoms with Gasteiger partial charge in [-0.25, -0.2) is 14.3 Å². The summed E-state index contributed by atoms with van der Waals surface area (Å²) >= 11 is 0. The lowest BCUT2D eigenvalue weighted by molar-refractivity contribution is -0.144. The maximum absolute atomic E-state index is 12.6. The Balaban J connectivity index is 1.60. The van der Waals surface area contributed by atoms with Gasteiger partial charge in [0.15, 0.2) is 0 Å². The van der Waals surface area contributed by atoms with Crippen LogP contribution in [0.15, 0.2) is 33.7 Å². The Bertz CT molecular complexity index is 1370. The first-order valence-electron chi connectivity index (χ1n) is 10.1. The highest BCUT2D eigenvalue weighted by molar-refractivity contribution is 5.82. The van der Waals surface area contributed by atoms with Gasteiger partial charge in [-0.15, -0.1) is 0 Å².